The van der Waals surface area contributed by atoms with Crippen LogP contribution >= 0.6 is 11.6 Å². The minimum atomic E-state index is -0.906. The molecule has 1 unspecified atom stereocenters. The van der Waals surface area contributed by atoms with Crippen LogP contribution in [0.1, 0.15) is 32.1 Å². The van der Waals surface area contributed by atoms with Crippen LogP contribution in [-0.2, 0) is 20.6 Å². The predicted molar refractivity (Wildman–Crippen MR) is 124 cm³/mol. The van der Waals surface area contributed by atoms with E-state index < -0.39 is 17.4 Å². The van der Waals surface area contributed by atoms with Gasteiger partial charge in [-0.25, -0.2) is 4.79 Å². The number of rotatable bonds is 7. The van der Waals surface area contributed by atoms with Crippen LogP contribution in [0.25, 0.3) is 11.2 Å². The lowest BCUT2D eigenvalue weighted by Gasteiger charge is -2.24. The van der Waals surface area contributed by atoms with Gasteiger partial charge in [-0.2, -0.15) is 4.98 Å². The Hall–Kier alpha value is -2.78. The summed E-state index contributed by atoms with van der Waals surface area (Å²) >= 11 is 5.90. The maximum atomic E-state index is 13.0. The Morgan fingerprint density at radius 2 is 1.84 bits per heavy atom. The zero-order valence-electron chi connectivity index (χ0n) is 18.3. The van der Waals surface area contributed by atoms with Gasteiger partial charge in [-0.3, -0.25) is 13.9 Å². The van der Waals surface area contributed by atoms with Gasteiger partial charge in [0.15, 0.2) is 11.2 Å². The first-order valence-electron chi connectivity index (χ1n) is 10.8. The van der Waals surface area contributed by atoms with Crippen molar-refractivity contribution in [2.45, 2.75) is 50.8 Å². The van der Waals surface area contributed by atoms with Crippen molar-refractivity contribution in [2.24, 2.45) is 14.1 Å². The van der Waals surface area contributed by atoms with Gasteiger partial charge in [-0.1, -0.05) is 30.9 Å². The second-order valence-electron chi connectivity index (χ2n) is 8.32. The molecule has 1 aliphatic rings. The normalized spacial score (nSPS) is 15.8. The van der Waals surface area contributed by atoms with E-state index >= 15 is 0 Å². The van der Waals surface area contributed by atoms with Crippen molar-refractivity contribution in [3.05, 3.63) is 50.1 Å². The molecule has 32 heavy (non-hydrogen) atoms. The van der Waals surface area contributed by atoms with Crippen LogP contribution in [0, 0.1) is 0 Å². The topological polar surface area (TPSA) is 103 Å². The zero-order chi connectivity index (χ0) is 22.8. The summed E-state index contributed by atoms with van der Waals surface area (Å²) in [6.45, 7) is 0.114. The molecule has 0 spiro atoms. The fourth-order valence-corrected chi connectivity index (χ4v) is 4.28. The minimum Gasteiger partial charge on any atom is -0.491 e. The van der Waals surface area contributed by atoms with Crippen LogP contribution in [0.15, 0.2) is 33.9 Å². The number of fused-ring (bicyclic) bond motifs is 1. The summed E-state index contributed by atoms with van der Waals surface area (Å²) in [5, 5.41) is 14.7. The largest absolute Gasteiger partial charge is 0.491 e. The second kappa shape index (κ2) is 9.38. The SMILES string of the molecule is Cn1c(=O)c2c(nc(NC3CCCCC3)n2CC(O)COc2ccc(Cl)cc2)n(C)c1=O. The van der Waals surface area contributed by atoms with E-state index in [1.807, 2.05) is 0 Å². The molecule has 3 aromatic rings. The maximum Gasteiger partial charge on any atom is 0.332 e. The fourth-order valence-electron chi connectivity index (χ4n) is 4.15. The summed E-state index contributed by atoms with van der Waals surface area (Å²) in [5.74, 6) is 1.07. The molecule has 0 amide bonds. The van der Waals surface area contributed by atoms with Gasteiger partial charge in [0.05, 0.1) is 6.54 Å². The number of ether oxygens (including phenoxy) is 1. The van der Waals surface area contributed by atoms with Crippen LogP contribution in [0.3, 0.4) is 0 Å². The molecule has 172 valence electrons. The van der Waals surface area contributed by atoms with E-state index in [1.165, 1.54) is 18.0 Å². The van der Waals surface area contributed by atoms with E-state index in [0.717, 1.165) is 30.3 Å². The van der Waals surface area contributed by atoms with Gasteiger partial charge >= 0.3 is 5.69 Å². The number of aromatic nitrogens is 4. The first-order chi connectivity index (χ1) is 15.3. The summed E-state index contributed by atoms with van der Waals surface area (Å²) in [5.41, 5.74) is -0.318. The number of aliphatic hydroxyl groups excluding tert-OH is 1. The molecule has 1 aliphatic carbocycles. The molecule has 2 aromatic heterocycles. The van der Waals surface area contributed by atoms with Gasteiger partial charge in [-0.15, -0.1) is 0 Å². The number of hydrogen-bond donors (Lipinski definition) is 2. The van der Waals surface area contributed by atoms with Crippen molar-refractivity contribution in [3.8, 4) is 5.75 Å². The molecule has 1 saturated carbocycles. The van der Waals surface area contributed by atoms with Crippen LogP contribution in [-0.4, -0.2) is 42.5 Å². The summed E-state index contributed by atoms with van der Waals surface area (Å²) in [6, 6.07) is 7.11. The van der Waals surface area contributed by atoms with Crippen molar-refractivity contribution in [2.75, 3.05) is 11.9 Å². The molecule has 9 nitrogen and oxygen atoms in total. The third-order valence-electron chi connectivity index (χ3n) is 5.94. The Balaban J connectivity index is 1.65. The Labute approximate surface area is 190 Å². The molecule has 2 heterocycles. The van der Waals surface area contributed by atoms with E-state index in [4.69, 9.17) is 16.3 Å². The summed E-state index contributed by atoms with van der Waals surface area (Å²) in [4.78, 5) is 29.9. The molecule has 1 atom stereocenters. The van der Waals surface area contributed by atoms with E-state index in [0.29, 0.717) is 22.4 Å². The fraction of sp³-hybridized carbons (Fsp3) is 0.500. The van der Waals surface area contributed by atoms with Gasteiger partial charge in [0.2, 0.25) is 5.95 Å². The Bertz CT molecular complexity index is 1210. The monoisotopic (exact) mass is 461 g/mol. The van der Waals surface area contributed by atoms with Crippen molar-refractivity contribution in [1.29, 1.82) is 0 Å². The van der Waals surface area contributed by atoms with E-state index in [2.05, 4.69) is 10.3 Å². The number of aryl methyl sites for hydroxylation is 1. The Morgan fingerprint density at radius 1 is 1.16 bits per heavy atom. The highest BCUT2D eigenvalue weighted by Crippen LogP contribution is 2.24. The van der Waals surface area contributed by atoms with E-state index in [9.17, 15) is 14.7 Å². The van der Waals surface area contributed by atoms with Gasteiger partial charge < -0.3 is 19.7 Å². The molecule has 2 N–H and O–H groups in total. The second-order valence-corrected chi connectivity index (χ2v) is 8.76. The van der Waals surface area contributed by atoms with Crippen LogP contribution in [0.2, 0.25) is 5.02 Å². The number of aliphatic hydroxyl groups is 1. The molecule has 0 bridgehead atoms. The number of imidazole rings is 1. The highest BCUT2D eigenvalue weighted by molar-refractivity contribution is 6.30. The number of nitrogens with zero attached hydrogens (tertiary/aromatic N) is 4. The quantitative estimate of drug-likeness (QED) is 0.559. The lowest BCUT2D eigenvalue weighted by Crippen LogP contribution is -2.38. The maximum absolute atomic E-state index is 13.0. The molecule has 0 aliphatic heterocycles. The average molecular weight is 462 g/mol. The van der Waals surface area contributed by atoms with Crippen molar-refractivity contribution in [1.82, 2.24) is 18.7 Å². The molecular formula is C22H28ClN5O4. The molecule has 0 saturated heterocycles. The number of anilines is 1. The molecule has 10 heteroatoms. The molecule has 4 rings (SSSR count). The van der Waals surface area contributed by atoms with E-state index in [1.54, 1.807) is 35.9 Å². The first kappa shape index (κ1) is 22.4. The van der Waals surface area contributed by atoms with Crippen LogP contribution in [0.5, 0.6) is 5.75 Å². The van der Waals surface area contributed by atoms with Crippen LogP contribution in [0.4, 0.5) is 5.95 Å². The van der Waals surface area contributed by atoms with Gasteiger partial charge in [0.1, 0.15) is 18.5 Å². The minimum absolute atomic E-state index is 0.0241. The molecule has 0 radical (unpaired) electrons. The van der Waals surface area contributed by atoms with Crippen molar-refractivity contribution in [3.63, 3.8) is 0 Å². The van der Waals surface area contributed by atoms with Crippen LogP contribution < -0.4 is 21.3 Å². The Morgan fingerprint density at radius 3 is 2.53 bits per heavy atom. The van der Waals surface area contributed by atoms with Gasteiger partial charge in [-0.05, 0) is 37.1 Å². The lowest BCUT2D eigenvalue weighted by molar-refractivity contribution is 0.0937. The molecular weight excluding hydrogens is 434 g/mol. The van der Waals surface area contributed by atoms with Gasteiger partial charge in [0.25, 0.3) is 5.56 Å². The summed E-state index contributed by atoms with van der Waals surface area (Å²) in [7, 11) is 3.03. The number of nitrogens with one attached hydrogen (secondary N) is 1. The zero-order valence-corrected chi connectivity index (χ0v) is 19.0. The summed E-state index contributed by atoms with van der Waals surface area (Å²) in [6.07, 6.45) is 4.61. The third kappa shape index (κ3) is 4.54. The number of halogens is 1. The summed E-state index contributed by atoms with van der Waals surface area (Å²) < 4.78 is 9.75. The Kier molecular flexibility index (Phi) is 6.57. The van der Waals surface area contributed by atoms with Gasteiger partial charge in [0, 0.05) is 25.2 Å². The van der Waals surface area contributed by atoms with E-state index in [-0.39, 0.29) is 24.7 Å². The predicted octanol–water partition coefficient (Wildman–Crippen LogP) is 2.27. The highest BCUT2D eigenvalue weighted by atomic mass is 35.5. The standard InChI is InChI=1S/C22H28ClN5O4/c1-26-19-18(20(30)27(2)22(26)31)28(21(25-19)24-15-6-4-3-5-7-15)12-16(29)13-32-17-10-8-14(23)9-11-17/h8-11,15-16,29H,3-7,12-13H2,1-2H3,(H,24,25). The van der Waals surface area contributed by atoms with Crippen molar-refractivity contribution >= 4 is 28.7 Å². The number of hydrogen-bond acceptors (Lipinski definition) is 6. The average Bonchev–Trinajstić information content (AvgIpc) is 3.14. The highest BCUT2D eigenvalue weighted by Gasteiger charge is 2.23. The first-order valence-corrected chi connectivity index (χ1v) is 11.2. The van der Waals surface area contributed by atoms with Crippen molar-refractivity contribution < 1.29 is 9.84 Å². The lowest BCUT2D eigenvalue weighted by atomic mass is 9.96. The molecule has 1 aromatic carbocycles. The third-order valence-corrected chi connectivity index (χ3v) is 6.19. The number of benzene rings is 1. The molecule has 1 fully saturated rings. The smallest absolute Gasteiger partial charge is 0.332 e.